The Morgan fingerprint density at radius 3 is 2.26 bits per heavy atom. The third-order valence-electron chi connectivity index (χ3n) is 2.64. The predicted molar refractivity (Wildman–Crippen MR) is 102 cm³/mol. The van der Waals surface area contributed by atoms with E-state index in [0.29, 0.717) is 10.7 Å². The Hall–Kier alpha value is -0.460. The number of nitrogens with one attached hydrogen (secondary N) is 3. The fourth-order valence-corrected chi connectivity index (χ4v) is 2.17. The third-order valence-corrected chi connectivity index (χ3v) is 3.75. The largest absolute Gasteiger partial charge is 0.339 e. The molecule has 0 aliphatic carbocycles. The molecule has 128 valence electrons. The SMILES string of the molecule is CC(C)(C)C(=O)N[C@H](NC(=S)Nc1cccc(Cl)c1)C(Cl)(Cl)Cl. The number of amides is 1. The molecule has 0 radical (unpaired) electrons. The van der Waals surface area contributed by atoms with Crippen LogP contribution in [0.15, 0.2) is 24.3 Å². The van der Waals surface area contributed by atoms with E-state index in [1.807, 2.05) is 0 Å². The van der Waals surface area contributed by atoms with Gasteiger partial charge in [0.1, 0.15) is 6.17 Å². The maximum atomic E-state index is 12.1. The zero-order chi connectivity index (χ0) is 17.8. The maximum Gasteiger partial charge on any atom is 0.228 e. The lowest BCUT2D eigenvalue weighted by atomic mass is 9.95. The standard InChI is InChI=1S/C14H17Cl4N3OS/c1-13(2,3)11(22)20-10(14(16,17)18)21-12(23)19-9-6-4-5-8(15)7-9/h4-7,10H,1-3H3,(H,20,22)(H2,19,21,23)/t10-/m1/s1. The lowest BCUT2D eigenvalue weighted by Gasteiger charge is -2.30. The quantitative estimate of drug-likeness (QED) is 0.386. The molecular weight excluding hydrogens is 400 g/mol. The number of carbonyl (C=O) groups excluding carboxylic acids is 1. The van der Waals surface area contributed by atoms with Gasteiger partial charge >= 0.3 is 0 Å². The van der Waals surface area contributed by atoms with Crippen molar-refractivity contribution in [2.45, 2.75) is 30.7 Å². The number of anilines is 1. The van der Waals surface area contributed by atoms with Crippen LogP contribution in [-0.2, 0) is 4.79 Å². The molecular formula is C14H17Cl4N3OS. The molecule has 0 aliphatic rings. The first kappa shape index (κ1) is 20.6. The van der Waals surface area contributed by atoms with Gasteiger partial charge in [0.15, 0.2) is 5.11 Å². The molecule has 0 unspecified atom stereocenters. The van der Waals surface area contributed by atoms with Crippen LogP contribution in [0.4, 0.5) is 5.69 Å². The van der Waals surface area contributed by atoms with E-state index in [-0.39, 0.29) is 11.0 Å². The van der Waals surface area contributed by atoms with Gasteiger partial charge in [-0.15, -0.1) is 0 Å². The molecule has 0 spiro atoms. The molecule has 1 aromatic carbocycles. The summed E-state index contributed by atoms with van der Waals surface area (Å²) in [6.45, 7) is 5.25. The molecule has 0 fully saturated rings. The van der Waals surface area contributed by atoms with Crippen LogP contribution in [0, 0.1) is 5.41 Å². The molecule has 0 aliphatic heterocycles. The molecule has 0 saturated heterocycles. The number of halogens is 4. The van der Waals surface area contributed by atoms with Crippen molar-refractivity contribution in [2.24, 2.45) is 5.41 Å². The van der Waals surface area contributed by atoms with Crippen LogP contribution in [0.5, 0.6) is 0 Å². The fourth-order valence-electron chi connectivity index (χ4n) is 1.41. The molecule has 9 heteroatoms. The summed E-state index contributed by atoms with van der Waals surface area (Å²) in [5.74, 6) is -0.285. The van der Waals surface area contributed by atoms with Gasteiger partial charge in [-0.05, 0) is 30.4 Å². The van der Waals surface area contributed by atoms with Gasteiger partial charge in [0.05, 0.1) is 0 Å². The molecule has 23 heavy (non-hydrogen) atoms. The number of rotatable bonds is 3. The summed E-state index contributed by atoms with van der Waals surface area (Å²) in [4.78, 5) is 12.1. The van der Waals surface area contributed by atoms with Crippen molar-refractivity contribution in [2.75, 3.05) is 5.32 Å². The first-order chi connectivity index (χ1) is 10.4. The molecule has 1 rings (SSSR count). The van der Waals surface area contributed by atoms with Gasteiger partial charge < -0.3 is 16.0 Å². The summed E-state index contributed by atoms with van der Waals surface area (Å²) >= 11 is 28.8. The highest BCUT2D eigenvalue weighted by Crippen LogP contribution is 2.30. The monoisotopic (exact) mass is 415 g/mol. The summed E-state index contributed by atoms with van der Waals surface area (Å²) in [5.41, 5.74) is 0.0258. The molecule has 1 aromatic rings. The second kappa shape index (κ2) is 8.08. The van der Waals surface area contributed by atoms with Crippen molar-refractivity contribution in [1.29, 1.82) is 0 Å². The Labute approximate surface area is 161 Å². The van der Waals surface area contributed by atoms with Crippen molar-refractivity contribution < 1.29 is 4.79 Å². The Morgan fingerprint density at radius 1 is 1.17 bits per heavy atom. The van der Waals surface area contributed by atoms with Gasteiger partial charge in [0.2, 0.25) is 9.70 Å². The van der Waals surface area contributed by atoms with E-state index in [4.69, 9.17) is 58.6 Å². The van der Waals surface area contributed by atoms with Gasteiger partial charge in [-0.3, -0.25) is 4.79 Å². The maximum absolute atomic E-state index is 12.1. The van der Waals surface area contributed by atoms with Crippen molar-refractivity contribution in [3.63, 3.8) is 0 Å². The predicted octanol–water partition coefficient (Wildman–Crippen LogP) is 4.49. The summed E-state index contributed by atoms with van der Waals surface area (Å²) in [6, 6.07) is 6.96. The van der Waals surface area contributed by atoms with Crippen LogP contribution in [0.3, 0.4) is 0 Å². The van der Waals surface area contributed by atoms with E-state index in [9.17, 15) is 4.79 Å². The topological polar surface area (TPSA) is 53.2 Å². The van der Waals surface area contributed by atoms with E-state index >= 15 is 0 Å². The Kier molecular flexibility index (Phi) is 7.23. The number of benzene rings is 1. The smallest absolute Gasteiger partial charge is 0.228 e. The van der Waals surface area contributed by atoms with Gasteiger partial charge in [-0.2, -0.15) is 0 Å². The van der Waals surface area contributed by atoms with Gasteiger partial charge in [-0.1, -0.05) is 73.2 Å². The minimum atomic E-state index is -1.79. The molecule has 0 bridgehead atoms. The van der Waals surface area contributed by atoms with Crippen molar-refractivity contribution >= 4 is 75.3 Å². The zero-order valence-corrected chi connectivity index (χ0v) is 16.6. The molecule has 0 aromatic heterocycles. The zero-order valence-electron chi connectivity index (χ0n) is 12.7. The molecule has 1 atom stereocenters. The van der Waals surface area contributed by atoms with Crippen LogP contribution in [0.25, 0.3) is 0 Å². The first-order valence-electron chi connectivity index (χ1n) is 6.60. The third kappa shape index (κ3) is 7.31. The Balaban J connectivity index is 2.78. The fraction of sp³-hybridized carbons (Fsp3) is 0.429. The lowest BCUT2D eigenvalue weighted by Crippen LogP contribution is -2.58. The second-order valence-corrected chi connectivity index (χ2v) is 9.02. The molecule has 0 saturated carbocycles. The number of hydrogen-bond donors (Lipinski definition) is 3. The summed E-state index contributed by atoms with van der Waals surface area (Å²) in [7, 11) is 0. The Bertz CT molecular complexity index is 584. The first-order valence-corrected chi connectivity index (χ1v) is 8.52. The van der Waals surface area contributed by atoms with E-state index in [1.54, 1.807) is 45.0 Å². The number of thiocarbonyl (C=S) groups is 1. The number of hydrogen-bond acceptors (Lipinski definition) is 2. The highest BCUT2D eigenvalue weighted by molar-refractivity contribution is 7.80. The van der Waals surface area contributed by atoms with E-state index < -0.39 is 15.4 Å². The van der Waals surface area contributed by atoms with Crippen LogP contribution < -0.4 is 16.0 Å². The van der Waals surface area contributed by atoms with Crippen LogP contribution >= 0.6 is 58.6 Å². The van der Waals surface area contributed by atoms with Crippen molar-refractivity contribution in [3.8, 4) is 0 Å². The van der Waals surface area contributed by atoms with Crippen molar-refractivity contribution in [3.05, 3.63) is 29.3 Å². The van der Waals surface area contributed by atoms with Gasteiger partial charge in [0, 0.05) is 16.1 Å². The normalized spacial score (nSPS) is 13.2. The molecule has 1 amide bonds. The van der Waals surface area contributed by atoms with Crippen LogP contribution in [0.2, 0.25) is 5.02 Å². The van der Waals surface area contributed by atoms with Crippen molar-refractivity contribution in [1.82, 2.24) is 10.6 Å². The minimum absolute atomic E-state index is 0.179. The Morgan fingerprint density at radius 2 is 1.78 bits per heavy atom. The van der Waals surface area contributed by atoms with Crippen LogP contribution in [0.1, 0.15) is 20.8 Å². The molecule has 0 heterocycles. The second-order valence-electron chi connectivity index (χ2n) is 5.81. The van der Waals surface area contributed by atoms with E-state index in [0.717, 1.165) is 0 Å². The summed E-state index contributed by atoms with van der Waals surface area (Å²) < 4.78 is -1.79. The average molecular weight is 417 g/mol. The van der Waals surface area contributed by atoms with E-state index in [1.165, 1.54) is 0 Å². The summed E-state index contributed by atoms with van der Waals surface area (Å²) in [6.07, 6.45) is -1.00. The lowest BCUT2D eigenvalue weighted by molar-refractivity contribution is -0.129. The average Bonchev–Trinajstić information content (AvgIpc) is 2.35. The highest BCUT2D eigenvalue weighted by Gasteiger charge is 2.36. The highest BCUT2D eigenvalue weighted by atomic mass is 35.6. The number of alkyl halides is 3. The summed E-state index contributed by atoms with van der Waals surface area (Å²) in [5, 5.41) is 9.04. The van der Waals surface area contributed by atoms with E-state index in [2.05, 4.69) is 16.0 Å². The van der Waals surface area contributed by atoms with Gasteiger partial charge in [0.25, 0.3) is 0 Å². The van der Waals surface area contributed by atoms with Gasteiger partial charge in [-0.25, -0.2) is 0 Å². The molecule has 3 N–H and O–H groups in total. The number of carbonyl (C=O) groups is 1. The molecule has 4 nitrogen and oxygen atoms in total. The minimum Gasteiger partial charge on any atom is -0.339 e. The van der Waals surface area contributed by atoms with Crippen LogP contribution in [-0.4, -0.2) is 21.0 Å².